The van der Waals surface area contributed by atoms with Crippen molar-refractivity contribution in [2.24, 2.45) is 46.4 Å². The van der Waals surface area contributed by atoms with Crippen LogP contribution in [0.15, 0.2) is 0 Å². The third-order valence-electron chi connectivity index (χ3n) is 10.6. The summed E-state index contributed by atoms with van der Waals surface area (Å²) >= 11 is 0. The van der Waals surface area contributed by atoms with E-state index < -0.39 is 35.9 Å². The summed E-state index contributed by atoms with van der Waals surface area (Å²) in [6.07, 6.45) is 13.2. The normalized spacial score (nSPS) is 12.6. The number of esters is 2. The van der Waals surface area contributed by atoms with Gasteiger partial charge in [0.2, 0.25) is 0 Å². The van der Waals surface area contributed by atoms with Crippen molar-refractivity contribution in [1.82, 2.24) is 9.80 Å². The van der Waals surface area contributed by atoms with Gasteiger partial charge in [-0.25, -0.2) is 0 Å². The van der Waals surface area contributed by atoms with E-state index in [4.69, 9.17) is 59.3 Å². The third-order valence-corrected chi connectivity index (χ3v) is 10.6. The van der Waals surface area contributed by atoms with Crippen molar-refractivity contribution in [3.63, 3.8) is 0 Å². The van der Waals surface area contributed by atoms with Crippen LogP contribution in [0.4, 0.5) is 0 Å². The van der Waals surface area contributed by atoms with Gasteiger partial charge in [0.15, 0.2) is 0 Å². The lowest BCUT2D eigenvalue weighted by molar-refractivity contribution is -0.142. The zero-order chi connectivity index (χ0) is 55.4. The minimum absolute atomic E-state index is 0.0489. The summed E-state index contributed by atoms with van der Waals surface area (Å²) in [5.41, 5.74) is 28.3. The average Bonchev–Trinajstić information content (AvgIpc) is 3.32. The van der Waals surface area contributed by atoms with Gasteiger partial charge in [-0.3, -0.25) is 43.4 Å². The molecular formula is C48H97N7O16. The number of hydrogen-bond acceptors (Lipinski definition) is 18. The molecule has 71 heavy (non-hydrogen) atoms. The molecular weight excluding hydrogens is 931 g/mol. The number of carboxylic acids is 5. The van der Waals surface area contributed by atoms with Crippen molar-refractivity contribution in [1.29, 1.82) is 0 Å². The number of carboxylic acid groups (broad SMARTS) is 5. The lowest BCUT2D eigenvalue weighted by Gasteiger charge is -2.28. The lowest BCUT2D eigenvalue weighted by atomic mass is 10.0. The predicted molar refractivity (Wildman–Crippen MR) is 271 cm³/mol. The average molecular weight is 1030 g/mol. The number of nitrogens with two attached hydrogens (primary N) is 5. The second kappa shape index (κ2) is 55.0. The van der Waals surface area contributed by atoms with Gasteiger partial charge in [-0.05, 0) is 70.1 Å². The van der Waals surface area contributed by atoms with E-state index in [1.54, 1.807) is 6.92 Å². The molecule has 0 aliphatic rings. The van der Waals surface area contributed by atoms with E-state index >= 15 is 0 Å². The highest BCUT2D eigenvalue weighted by atomic mass is 16.5. The number of aldehydes is 1. The Morgan fingerprint density at radius 2 is 0.887 bits per heavy atom. The van der Waals surface area contributed by atoms with Gasteiger partial charge in [0.1, 0.15) is 12.3 Å². The van der Waals surface area contributed by atoms with Crippen LogP contribution in [0, 0.1) is 17.8 Å². The van der Waals surface area contributed by atoms with Gasteiger partial charge in [-0.1, -0.05) is 52.9 Å². The number of carbonyl (C=O) groups is 8. The number of aliphatic carboxylic acids is 5. The summed E-state index contributed by atoms with van der Waals surface area (Å²) < 4.78 is 8.94. The number of hydrogen-bond donors (Lipinski definition) is 11. The molecule has 0 aromatic carbocycles. The smallest absolute Gasteiger partial charge is 0.320 e. The highest BCUT2D eigenvalue weighted by Crippen LogP contribution is 2.11. The molecule has 23 heteroatoms. The number of methoxy groups -OCH3 is 2. The van der Waals surface area contributed by atoms with Crippen LogP contribution < -0.4 is 28.7 Å². The topological polar surface area (TPSA) is 413 Å². The first-order valence-corrected chi connectivity index (χ1v) is 24.9. The molecule has 0 saturated carbocycles. The Morgan fingerprint density at radius 1 is 0.507 bits per heavy atom. The quantitative estimate of drug-likeness (QED) is 0.0239. The number of carbonyl (C=O) groups excluding carboxylic acids is 3. The van der Waals surface area contributed by atoms with Crippen LogP contribution in [0.2, 0.25) is 0 Å². The van der Waals surface area contributed by atoms with Gasteiger partial charge in [0.25, 0.3) is 0 Å². The molecule has 0 aliphatic carbocycles. The summed E-state index contributed by atoms with van der Waals surface area (Å²) in [5, 5.41) is 50.7. The van der Waals surface area contributed by atoms with Crippen LogP contribution in [0.1, 0.15) is 149 Å². The molecule has 0 aromatic heterocycles. The number of nitrogens with zero attached hydrogens (tertiary/aromatic N) is 2. The van der Waals surface area contributed by atoms with Gasteiger partial charge < -0.3 is 73.6 Å². The highest BCUT2D eigenvalue weighted by molar-refractivity contribution is 5.73. The number of aliphatic hydroxyl groups is 1. The summed E-state index contributed by atoms with van der Waals surface area (Å²) in [5.74, 6) is -4.46. The molecule has 0 spiro atoms. The van der Waals surface area contributed by atoms with Crippen molar-refractivity contribution < 1.29 is 78.5 Å². The molecule has 0 amide bonds. The Bertz CT molecular complexity index is 1350. The molecule has 5 unspecified atom stereocenters. The van der Waals surface area contributed by atoms with Crippen molar-refractivity contribution in [3.8, 4) is 0 Å². The van der Waals surface area contributed by atoms with Crippen LogP contribution in [-0.4, -0.2) is 180 Å². The Balaban J connectivity index is -0.000000265. The minimum Gasteiger partial charge on any atom is -0.481 e. The molecule has 0 bridgehead atoms. The standard InChI is InChI=1S/C15H36N6O2.C9H16O4.C9H18O3.C8H14O3.C7H13NO4/c16-5-8-20(9-6-17)11-12-21(10-7-18)13-14(19)3-1-2-4-15(22)23;1-7(9(11)12)5-3-4-6-8(10)13-2;1-8(7-10)5-3-4-6-9(11)12-2;1-7(6-9)4-2-3-5-8(10)11;8-5(7(11)12)3-1-2-4-6(9)10/h14H,1-13,16-19H2,(H,22,23);7H,3-6H2,1-2H3,(H,11,12);8,10H,3-7H2,1-2H3;6-7H,2-5H2,1H3,(H,10,11);5H,1-4,8H2,(H,9,10)(H,11,12). The zero-order valence-electron chi connectivity index (χ0n) is 43.7. The van der Waals surface area contributed by atoms with Gasteiger partial charge in [0, 0.05) is 110 Å². The molecule has 0 saturated heterocycles. The molecule has 5 atom stereocenters. The van der Waals surface area contributed by atoms with Gasteiger partial charge >= 0.3 is 41.8 Å². The van der Waals surface area contributed by atoms with E-state index in [9.17, 15) is 38.4 Å². The highest BCUT2D eigenvalue weighted by Gasteiger charge is 2.14. The number of ether oxygens (including phenoxy) is 2. The fraction of sp³-hybridized carbons (Fsp3) is 0.833. The molecule has 16 N–H and O–H groups in total. The zero-order valence-corrected chi connectivity index (χ0v) is 43.7. The van der Waals surface area contributed by atoms with Crippen LogP contribution in [-0.2, 0) is 47.8 Å². The number of aliphatic hydroxyl groups excluding tert-OH is 1. The first kappa shape index (κ1) is 75.6. The van der Waals surface area contributed by atoms with Gasteiger partial charge in [-0.15, -0.1) is 0 Å². The molecule has 0 heterocycles. The Kier molecular flexibility index (Phi) is 58.5. The monoisotopic (exact) mass is 1030 g/mol. The second-order valence-electron chi connectivity index (χ2n) is 17.4. The first-order valence-electron chi connectivity index (χ1n) is 24.9. The fourth-order valence-corrected chi connectivity index (χ4v) is 6.04. The summed E-state index contributed by atoms with van der Waals surface area (Å²) in [6, 6.07) is -0.813. The van der Waals surface area contributed by atoms with E-state index in [0.717, 1.165) is 96.9 Å². The summed E-state index contributed by atoms with van der Waals surface area (Å²) in [7, 11) is 2.75. The molecule has 0 rings (SSSR count). The molecule has 420 valence electrons. The predicted octanol–water partition coefficient (Wildman–Crippen LogP) is 2.74. The molecule has 23 nitrogen and oxygen atoms in total. The largest absolute Gasteiger partial charge is 0.481 e. The second-order valence-corrected chi connectivity index (χ2v) is 17.4. The van der Waals surface area contributed by atoms with Crippen molar-refractivity contribution in [2.45, 2.75) is 161 Å². The summed E-state index contributed by atoms with van der Waals surface area (Å²) in [6.45, 7) is 12.7. The van der Waals surface area contributed by atoms with E-state index in [1.807, 2.05) is 13.8 Å². The van der Waals surface area contributed by atoms with Crippen LogP contribution in [0.3, 0.4) is 0 Å². The lowest BCUT2D eigenvalue weighted by Crippen LogP contribution is -2.45. The number of unbranched alkanes of at least 4 members (excludes halogenated alkanes) is 5. The van der Waals surface area contributed by atoms with E-state index in [1.165, 1.54) is 14.2 Å². The molecule has 0 aliphatic heterocycles. The maximum Gasteiger partial charge on any atom is 0.320 e. The van der Waals surface area contributed by atoms with Gasteiger partial charge in [0.05, 0.1) is 20.1 Å². The fourth-order valence-electron chi connectivity index (χ4n) is 6.04. The first-order chi connectivity index (χ1) is 33.5. The Morgan fingerprint density at radius 3 is 1.27 bits per heavy atom. The number of rotatable bonds is 40. The Labute approximate surface area is 422 Å². The van der Waals surface area contributed by atoms with E-state index in [-0.39, 0.29) is 55.7 Å². The minimum atomic E-state index is -1.04. The molecule has 0 fully saturated rings. The molecule has 0 radical (unpaired) electrons. The van der Waals surface area contributed by atoms with Crippen molar-refractivity contribution in [3.05, 3.63) is 0 Å². The third kappa shape index (κ3) is 63.6. The van der Waals surface area contributed by atoms with E-state index in [0.29, 0.717) is 83.3 Å². The van der Waals surface area contributed by atoms with E-state index in [2.05, 4.69) is 19.3 Å². The summed E-state index contributed by atoms with van der Waals surface area (Å²) in [4.78, 5) is 87.1. The molecule has 0 aromatic rings. The SMILES string of the molecule is CC(C=O)CCCCC(=O)O.COC(=O)CCCCC(C)C(=O)O.COC(=O)CCCCC(C)CO.NC(CCCCC(=O)O)C(=O)O.NCCN(CCN)CCN(CCN)CC(N)CCCCC(=O)O. The van der Waals surface area contributed by atoms with Gasteiger partial charge in [-0.2, -0.15) is 0 Å². The maximum absolute atomic E-state index is 10.7. The van der Waals surface area contributed by atoms with Crippen molar-refractivity contribution >= 4 is 48.1 Å². The van der Waals surface area contributed by atoms with Crippen LogP contribution in [0.5, 0.6) is 0 Å². The Hall–Kier alpha value is -4.36. The van der Waals surface area contributed by atoms with Crippen LogP contribution in [0.25, 0.3) is 0 Å². The maximum atomic E-state index is 10.7. The van der Waals surface area contributed by atoms with Crippen LogP contribution >= 0.6 is 0 Å². The van der Waals surface area contributed by atoms with Crippen molar-refractivity contribution in [2.75, 3.05) is 79.7 Å².